The first-order valence-corrected chi connectivity index (χ1v) is 8.77. The van der Waals surface area contributed by atoms with Gasteiger partial charge in [0.1, 0.15) is 0 Å². The molecule has 3 nitrogen and oxygen atoms in total. The largest absolute Gasteiger partial charge is 0.481 e. The minimum Gasteiger partial charge on any atom is -0.481 e. The molecule has 0 saturated heterocycles. The molecular weight excluding hydrogens is 316 g/mol. The molecule has 0 amide bonds. The van der Waals surface area contributed by atoms with Crippen LogP contribution in [0.25, 0.3) is 15.7 Å². The van der Waals surface area contributed by atoms with Gasteiger partial charge in [-0.05, 0) is 32.6 Å². The van der Waals surface area contributed by atoms with Crippen molar-refractivity contribution in [3.63, 3.8) is 0 Å². The zero-order valence-corrected chi connectivity index (χ0v) is 15.2. The minimum atomic E-state index is 0.614. The van der Waals surface area contributed by atoms with Crippen LogP contribution >= 0.6 is 11.3 Å². The standard InChI is InChI=1S/C20H22N2OS/c1-14(16-9-7-11-19(21-16)23-4)20-15-8-5-6-10-17(15)24-18(20)12-13-22(2)3/h5-11H,1,12-13H2,2-4H3. The van der Waals surface area contributed by atoms with Gasteiger partial charge in [-0.1, -0.05) is 30.8 Å². The summed E-state index contributed by atoms with van der Waals surface area (Å²) in [5.74, 6) is 0.614. The van der Waals surface area contributed by atoms with E-state index in [9.17, 15) is 0 Å². The van der Waals surface area contributed by atoms with E-state index in [0.717, 1.165) is 24.2 Å². The van der Waals surface area contributed by atoms with Crippen LogP contribution in [-0.2, 0) is 6.42 Å². The van der Waals surface area contributed by atoms with Crippen LogP contribution in [0.5, 0.6) is 5.88 Å². The lowest BCUT2D eigenvalue weighted by molar-refractivity contribution is 0.397. The summed E-state index contributed by atoms with van der Waals surface area (Å²) < 4.78 is 6.56. The number of hydrogen-bond donors (Lipinski definition) is 0. The van der Waals surface area contributed by atoms with Crippen LogP contribution in [0, 0.1) is 0 Å². The zero-order valence-electron chi connectivity index (χ0n) is 14.4. The monoisotopic (exact) mass is 338 g/mol. The van der Waals surface area contributed by atoms with Gasteiger partial charge in [0.25, 0.3) is 0 Å². The number of nitrogens with zero attached hydrogens (tertiary/aromatic N) is 2. The van der Waals surface area contributed by atoms with Crippen molar-refractivity contribution < 1.29 is 4.74 Å². The number of thiophene rings is 1. The smallest absolute Gasteiger partial charge is 0.213 e. The van der Waals surface area contributed by atoms with Crippen LogP contribution in [0.4, 0.5) is 0 Å². The van der Waals surface area contributed by atoms with E-state index in [4.69, 9.17) is 4.74 Å². The fourth-order valence-corrected chi connectivity index (χ4v) is 3.97. The fourth-order valence-electron chi connectivity index (χ4n) is 2.75. The molecule has 1 aromatic carbocycles. The summed E-state index contributed by atoms with van der Waals surface area (Å²) in [6, 6.07) is 14.3. The van der Waals surface area contributed by atoms with Crippen LogP contribution < -0.4 is 4.74 Å². The molecule has 0 bridgehead atoms. The average Bonchev–Trinajstić information content (AvgIpc) is 2.97. The maximum atomic E-state index is 5.26. The molecule has 3 rings (SSSR count). The van der Waals surface area contributed by atoms with Gasteiger partial charge in [-0.25, -0.2) is 4.98 Å². The highest BCUT2D eigenvalue weighted by molar-refractivity contribution is 7.19. The van der Waals surface area contributed by atoms with E-state index in [1.54, 1.807) is 7.11 Å². The van der Waals surface area contributed by atoms with Crippen molar-refractivity contribution in [2.24, 2.45) is 0 Å². The van der Waals surface area contributed by atoms with Crippen molar-refractivity contribution in [2.45, 2.75) is 6.42 Å². The summed E-state index contributed by atoms with van der Waals surface area (Å²) in [5, 5.41) is 1.26. The number of likely N-dealkylation sites (N-methyl/N-ethyl adjacent to an activating group) is 1. The van der Waals surface area contributed by atoms with Crippen molar-refractivity contribution in [2.75, 3.05) is 27.7 Å². The lowest BCUT2D eigenvalue weighted by Crippen LogP contribution is -2.15. The number of benzene rings is 1. The maximum Gasteiger partial charge on any atom is 0.213 e. The summed E-state index contributed by atoms with van der Waals surface area (Å²) in [7, 11) is 5.84. The quantitative estimate of drug-likeness (QED) is 0.663. The minimum absolute atomic E-state index is 0.614. The number of hydrogen-bond acceptors (Lipinski definition) is 4. The Morgan fingerprint density at radius 2 is 1.96 bits per heavy atom. The first-order valence-electron chi connectivity index (χ1n) is 7.96. The van der Waals surface area contributed by atoms with E-state index in [1.807, 2.05) is 29.5 Å². The highest BCUT2D eigenvalue weighted by atomic mass is 32.1. The molecule has 24 heavy (non-hydrogen) atoms. The lowest BCUT2D eigenvalue weighted by atomic mass is 9.99. The van der Waals surface area contributed by atoms with E-state index in [1.165, 1.54) is 20.5 Å². The first kappa shape index (κ1) is 16.7. The number of fused-ring (bicyclic) bond motifs is 1. The molecule has 124 valence electrons. The third-order valence-corrected chi connectivity index (χ3v) is 5.23. The van der Waals surface area contributed by atoms with Crippen LogP contribution in [0.1, 0.15) is 16.1 Å². The van der Waals surface area contributed by atoms with Gasteiger partial charge in [0.05, 0.1) is 12.8 Å². The second-order valence-electron chi connectivity index (χ2n) is 5.99. The van der Waals surface area contributed by atoms with Crippen molar-refractivity contribution in [3.8, 4) is 5.88 Å². The molecule has 2 heterocycles. The Morgan fingerprint density at radius 3 is 2.71 bits per heavy atom. The van der Waals surface area contributed by atoms with Gasteiger partial charge >= 0.3 is 0 Å². The Morgan fingerprint density at radius 1 is 1.17 bits per heavy atom. The maximum absolute atomic E-state index is 5.26. The topological polar surface area (TPSA) is 25.4 Å². The Kier molecular flexibility index (Phi) is 4.97. The second-order valence-corrected chi connectivity index (χ2v) is 7.13. The molecule has 0 spiro atoms. The van der Waals surface area contributed by atoms with Gasteiger partial charge in [-0.2, -0.15) is 0 Å². The molecular formula is C20H22N2OS. The Balaban J connectivity index is 2.08. The Hall–Kier alpha value is -2.17. The number of pyridine rings is 1. The van der Waals surface area contributed by atoms with Gasteiger partial charge in [0, 0.05) is 38.7 Å². The fraction of sp³-hybridized carbons (Fsp3) is 0.250. The predicted octanol–water partition coefficient (Wildman–Crippen LogP) is 4.47. The van der Waals surface area contributed by atoms with E-state index in [2.05, 4.69) is 54.8 Å². The highest BCUT2D eigenvalue weighted by Gasteiger charge is 2.17. The first-order chi connectivity index (χ1) is 11.6. The van der Waals surface area contributed by atoms with Crippen molar-refractivity contribution >= 4 is 27.0 Å². The highest BCUT2D eigenvalue weighted by Crippen LogP contribution is 2.38. The van der Waals surface area contributed by atoms with Gasteiger partial charge in [0.2, 0.25) is 5.88 Å². The molecule has 0 unspecified atom stereocenters. The SMILES string of the molecule is C=C(c1cccc(OC)n1)c1c(CCN(C)C)sc2ccccc12. The molecule has 0 aliphatic heterocycles. The van der Waals surface area contributed by atoms with E-state index < -0.39 is 0 Å². The third kappa shape index (κ3) is 3.35. The van der Waals surface area contributed by atoms with Crippen LogP contribution in [0.15, 0.2) is 49.0 Å². The van der Waals surface area contributed by atoms with Crippen molar-refractivity contribution in [1.29, 1.82) is 0 Å². The molecule has 0 aliphatic carbocycles. The zero-order chi connectivity index (χ0) is 17.1. The van der Waals surface area contributed by atoms with Gasteiger partial charge in [0.15, 0.2) is 0 Å². The molecule has 0 atom stereocenters. The summed E-state index contributed by atoms with van der Waals surface area (Å²) in [6.45, 7) is 5.37. The van der Waals surface area contributed by atoms with Crippen LogP contribution in [0.3, 0.4) is 0 Å². The third-order valence-electron chi connectivity index (χ3n) is 4.00. The normalized spacial score (nSPS) is 11.2. The lowest BCUT2D eigenvalue weighted by Gasteiger charge is -2.12. The van der Waals surface area contributed by atoms with Crippen LogP contribution in [0.2, 0.25) is 0 Å². The van der Waals surface area contributed by atoms with Crippen molar-refractivity contribution in [3.05, 3.63) is 65.2 Å². The Labute approximate surface area is 147 Å². The summed E-state index contributed by atoms with van der Waals surface area (Å²) in [5.41, 5.74) is 3.04. The van der Waals surface area contributed by atoms with E-state index in [-0.39, 0.29) is 0 Å². The predicted molar refractivity (Wildman–Crippen MR) is 103 cm³/mol. The van der Waals surface area contributed by atoms with Gasteiger partial charge in [-0.15, -0.1) is 11.3 Å². The number of rotatable bonds is 6. The molecule has 4 heteroatoms. The second kappa shape index (κ2) is 7.16. The van der Waals surface area contributed by atoms with E-state index >= 15 is 0 Å². The van der Waals surface area contributed by atoms with Crippen molar-refractivity contribution in [1.82, 2.24) is 9.88 Å². The number of methoxy groups -OCH3 is 1. The molecule has 2 aromatic heterocycles. The van der Waals surface area contributed by atoms with E-state index in [0.29, 0.717) is 5.88 Å². The molecule has 0 radical (unpaired) electrons. The number of ether oxygens (including phenoxy) is 1. The van der Waals surface area contributed by atoms with Crippen LogP contribution in [-0.4, -0.2) is 37.6 Å². The number of aromatic nitrogens is 1. The molecule has 3 aromatic rings. The Bertz CT molecular complexity index is 867. The summed E-state index contributed by atoms with van der Waals surface area (Å²) in [4.78, 5) is 8.13. The molecule has 0 N–H and O–H groups in total. The average molecular weight is 338 g/mol. The van der Waals surface area contributed by atoms with Gasteiger partial charge in [-0.3, -0.25) is 0 Å². The molecule has 0 fully saturated rings. The summed E-state index contributed by atoms with van der Waals surface area (Å²) in [6.07, 6.45) is 1.00. The summed E-state index contributed by atoms with van der Waals surface area (Å²) >= 11 is 1.85. The molecule has 0 saturated carbocycles. The molecule has 0 aliphatic rings. The van der Waals surface area contributed by atoms with Gasteiger partial charge < -0.3 is 9.64 Å².